The Morgan fingerprint density at radius 1 is 1.25 bits per heavy atom. The van der Waals surface area contributed by atoms with Gasteiger partial charge in [0.2, 0.25) is 0 Å². The highest BCUT2D eigenvalue weighted by atomic mass is 32.2. The second-order valence-corrected chi connectivity index (χ2v) is 5.59. The van der Waals surface area contributed by atoms with Crippen LogP contribution in [0.1, 0.15) is 27.7 Å². The Balaban J connectivity index is 4.33. The van der Waals surface area contributed by atoms with Gasteiger partial charge in [-0.2, -0.15) is 11.8 Å². The number of hydrogen-bond acceptors (Lipinski definition) is 1. The third-order valence-corrected chi connectivity index (χ3v) is 3.53. The highest BCUT2D eigenvalue weighted by molar-refractivity contribution is 8.00. The van der Waals surface area contributed by atoms with Crippen LogP contribution < -0.4 is 0 Å². The molecule has 0 aromatic carbocycles. The van der Waals surface area contributed by atoms with Crippen LogP contribution in [0.3, 0.4) is 0 Å². The van der Waals surface area contributed by atoms with Crippen LogP contribution in [0.25, 0.3) is 0 Å². The smallest absolute Gasteiger partial charge is 0.0312 e. The van der Waals surface area contributed by atoms with Gasteiger partial charge in [0.05, 0.1) is 0 Å². The summed E-state index contributed by atoms with van der Waals surface area (Å²) < 4.78 is 0. The van der Waals surface area contributed by atoms with Crippen LogP contribution in [0.2, 0.25) is 0 Å². The molecule has 0 radical (unpaired) electrons. The lowest BCUT2D eigenvalue weighted by Gasteiger charge is -2.29. The van der Waals surface area contributed by atoms with Crippen molar-refractivity contribution < 1.29 is 0 Å². The molecule has 0 fully saturated rings. The molecule has 0 bridgehead atoms. The van der Waals surface area contributed by atoms with E-state index < -0.39 is 0 Å². The molecule has 1 heteroatoms. The number of allylic oxidation sites excluding steroid dienone is 1. The quantitative estimate of drug-likeness (QED) is 0.584. The van der Waals surface area contributed by atoms with Crippen molar-refractivity contribution in [2.24, 2.45) is 5.41 Å². The molecule has 1 unspecified atom stereocenters. The van der Waals surface area contributed by atoms with Gasteiger partial charge in [-0.05, 0) is 10.7 Å². The molecule has 0 aromatic rings. The third kappa shape index (κ3) is 3.48. The zero-order valence-corrected chi connectivity index (χ0v) is 9.45. The Morgan fingerprint density at radius 2 is 1.75 bits per heavy atom. The molecule has 0 heterocycles. The lowest BCUT2D eigenvalue weighted by atomic mass is 9.89. The molecule has 0 saturated heterocycles. The minimum Gasteiger partial charge on any atom is -0.151 e. The Bertz CT molecular complexity index is 156. The Labute approximate surface area is 81.1 Å². The average Bonchev–Trinajstić information content (AvgIpc) is 1.99. The highest BCUT2D eigenvalue weighted by Gasteiger charge is 2.24. The molecule has 0 spiro atoms. The summed E-state index contributed by atoms with van der Waals surface area (Å²) in [6.07, 6.45) is 4.03. The summed E-state index contributed by atoms with van der Waals surface area (Å²) in [5.74, 6) is 0. The molecule has 12 heavy (non-hydrogen) atoms. The van der Waals surface area contributed by atoms with Crippen molar-refractivity contribution in [3.05, 3.63) is 25.3 Å². The normalized spacial score (nSPS) is 14.4. The van der Waals surface area contributed by atoms with Crippen molar-refractivity contribution in [3.63, 3.8) is 0 Å². The summed E-state index contributed by atoms with van der Waals surface area (Å²) in [6, 6.07) is 0. The maximum Gasteiger partial charge on any atom is 0.0312 e. The molecule has 0 rings (SSSR count). The van der Waals surface area contributed by atoms with Gasteiger partial charge in [0, 0.05) is 5.25 Å². The maximum atomic E-state index is 3.86. The highest BCUT2D eigenvalue weighted by Crippen LogP contribution is 2.34. The van der Waals surface area contributed by atoms with Crippen molar-refractivity contribution in [1.29, 1.82) is 0 Å². The average molecular weight is 184 g/mol. The van der Waals surface area contributed by atoms with E-state index in [1.807, 2.05) is 23.9 Å². The van der Waals surface area contributed by atoms with E-state index in [1.54, 1.807) is 0 Å². The van der Waals surface area contributed by atoms with Gasteiger partial charge in [-0.15, -0.1) is 13.2 Å². The van der Waals surface area contributed by atoms with E-state index in [2.05, 4.69) is 40.9 Å². The first kappa shape index (κ1) is 11.8. The molecule has 0 aliphatic rings. The van der Waals surface area contributed by atoms with Crippen molar-refractivity contribution in [2.45, 2.75) is 38.2 Å². The van der Waals surface area contributed by atoms with Crippen LogP contribution in [-0.2, 0) is 0 Å². The maximum absolute atomic E-state index is 3.86. The molecule has 70 valence electrons. The summed E-state index contributed by atoms with van der Waals surface area (Å²) in [5.41, 5.74) is 0.149. The van der Waals surface area contributed by atoms with Crippen LogP contribution in [-0.4, -0.2) is 10.5 Å². The van der Waals surface area contributed by atoms with Crippen LogP contribution >= 0.6 is 11.8 Å². The van der Waals surface area contributed by atoms with Crippen molar-refractivity contribution >= 4 is 11.8 Å². The van der Waals surface area contributed by atoms with Gasteiger partial charge in [-0.3, -0.25) is 0 Å². The van der Waals surface area contributed by atoms with E-state index in [1.165, 1.54) is 0 Å². The van der Waals surface area contributed by atoms with Gasteiger partial charge in [0.15, 0.2) is 0 Å². The number of rotatable bonds is 5. The molecule has 0 saturated carbocycles. The largest absolute Gasteiger partial charge is 0.151 e. The first-order valence-corrected chi connectivity index (χ1v) is 5.30. The van der Waals surface area contributed by atoms with Crippen LogP contribution in [0.4, 0.5) is 0 Å². The summed E-state index contributed by atoms with van der Waals surface area (Å²) in [4.78, 5) is 0. The predicted octanol–water partition coefficient (Wildman–Crippen LogP) is 3.89. The van der Waals surface area contributed by atoms with Gasteiger partial charge in [0.1, 0.15) is 0 Å². The fraction of sp³-hybridized carbons (Fsp3) is 0.636. The Kier molecular flexibility index (Phi) is 4.69. The van der Waals surface area contributed by atoms with Gasteiger partial charge in [0.25, 0.3) is 0 Å². The lowest BCUT2D eigenvalue weighted by molar-refractivity contribution is 0.502. The second-order valence-electron chi connectivity index (χ2n) is 3.87. The van der Waals surface area contributed by atoms with Crippen molar-refractivity contribution in [2.75, 3.05) is 0 Å². The predicted molar refractivity (Wildman–Crippen MR) is 60.7 cm³/mol. The lowest BCUT2D eigenvalue weighted by Crippen LogP contribution is -2.23. The first-order chi connectivity index (χ1) is 5.44. The number of hydrogen-bond donors (Lipinski definition) is 0. The summed E-state index contributed by atoms with van der Waals surface area (Å²) in [7, 11) is 0. The standard InChI is InChI=1S/C11H20S/c1-7-10(12-9(3)4)11(5,6)8-2/h7-10H,1-2H2,3-6H3. The molecule has 0 N–H and O–H groups in total. The molecule has 0 nitrogen and oxygen atoms in total. The van der Waals surface area contributed by atoms with E-state index in [-0.39, 0.29) is 5.41 Å². The van der Waals surface area contributed by atoms with E-state index in [9.17, 15) is 0 Å². The van der Waals surface area contributed by atoms with Gasteiger partial charge in [-0.25, -0.2) is 0 Å². The van der Waals surface area contributed by atoms with Gasteiger partial charge < -0.3 is 0 Å². The molecule has 0 amide bonds. The topological polar surface area (TPSA) is 0 Å². The summed E-state index contributed by atoms with van der Waals surface area (Å²) in [5, 5.41) is 1.11. The summed E-state index contributed by atoms with van der Waals surface area (Å²) >= 11 is 1.94. The second kappa shape index (κ2) is 4.76. The fourth-order valence-corrected chi connectivity index (χ4v) is 2.09. The fourth-order valence-electron chi connectivity index (χ4n) is 0.944. The van der Waals surface area contributed by atoms with Gasteiger partial charge in [-0.1, -0.05) is 39.8 Å². The third-order valence-electron chi connectivity index (χ3n) is 1.89. The van der Waals surface area contributed by atoms with Crippen molar-refractivity contribution in [1.82, 2.24) is 0 Å². The van der Waals surface area contributed by atoms with E-state index in [0.29, 0.717) is 10.5 Å². The van der Waals surface area contributed by atoms with Crippen LogP contribution in [0.5, 0.6) is 0 Å². The SMILES string of the molecule is C=CC(SC(C)C)C(C)(C)C=C. The van der Waals surface area contributed by atoms with E-state index >= 15 is 0 Å². The first-order valence-electron chi connectivity index (χ1n) is 4.35. The van der Waals surface area contributed by atoms with Crippen LogP contribution in [0, 0.1) is 5.41 Å². The molecular weight excluding hydrogens is 164 g/mol. The number of thioether (sulfide) groups is 1. The minimum absolute atomic E-state index is 0.149. The molecule has 1 atom stereocenters. The minimum atomic E-state index is 0.149. The van der Waals surface area contributed by atoms with Crippen LogP contribution in [0.15, 0.2) is 25.3 Å². The zero-order valence-electron chi connectivity index (χ0n) is 8.63. The van der Waals surface area contributed by atoms with Gasteiger partial charge >= 0.3 is 0 Å². The molecular formula is C11H20S. The molecule has 0 aliphatic heterocycles. The Morgan fingerprint density at radius 3 is 2.00 bits per heavy atom. The molecule has 0 aromatic heterocycles. The molecule has 0 aliphatic carbocycles. The zero-order chi connectivity index (χ0) is 9.78. The van der Waals surface area contributed by atoms with E-state index in [0.717, 1.165) is 0 Å². The van der Waals surface area contributed by atoms with Crippen molar-refractivity contribution in [3.8, 4) is 0 Å². The summed E-state index contributed by atoms with van der Waals surface area (Å²) in [6.45, 7) is 16.5. The van der Waals surface area contributed by atoms with E-state index in [4.69, 9.17) is 0 Å². The monoisotopic (exact) mass is 184 g/mol. The Hall–Kier alpha value is -0.170.